The van der Waals surface area contributed by atoms with Crippen LogP contribution in [0.25, 0.3) is 0 Å². The number of para-hydroxylation sites is 1. The van der Waals surface area contributed by atoms with Crippen molar-refractivity contribution in [3.8, 4) is 0 Å². The number of nitrogens with one attached hydrogen (secondary N) is 2. The molecule has 2 aromatic carbocycles. The minimum atomic E-state index is -3.50. The number of anilines is 2. The fourth-order valence-corrected chi connectivity index (χ4v) is 4.82. The third-order valence-corrected chi connectivity index (χ3v) is 7.10. The fourth-order valence-electron chi connectivity index (χ4n) is 3.86. The highest BCUT2D eigenvalue weighted by Crippen LogP contribution is 2.22. The number of ether oxygens (including phenoxy) is 1. The van der Waals surface area contributed by atoms with Crippen LogP contribution in [0.2, 0.25) is 0 Å². The van der Waals surface area contributed by atoms with Gasteiger partial charge in [-0.3, -0.25) is 13.9 Å². The van der Waals surface area contributed by atoms with Crippen LogP contribution in [0.1, 0.15) is 47.2 Å². The monoisotopic (exact) mass is 487 g/mol. The van der Waals surface area contributed by atoms with E-state index < -0.39 is 10.0 Å². The second kappa shape index (κ2) is 11.5. The average molecular weight is 488 g/mol. The molecule has 1 unspecified atom stereocenters. The molecular weight excluding hydrogens is 454 g/mol. The van der Waals surface area contributed by atoms with Gasteiger partial charge in [0.25, 0.3) is 5.91 Å². The quantitative estimate of drug-likeness (QED) is 0.535. The van der Waals surface area contributed by atoms with E-state index >= 15 is 0 Å². The van der Waals surface area contributed by atoms with Gasteiger partial charge >= 0.3 is 0 Å². The number of aryl methyl sites for hydroxylation is 2. The summed E-state index contributed by atoms with van der Waals surface area (Å²) in [6.45, 7) is 5.22. The SMILES string of the molecule is Cc1ccc(N(CCCC(=O)Nc2ccccc2C(=O)NCC2CCCO2)S(C)(=O)=O)cc1C. The van der Waals surface area contributed by atoms with Crippen molar-refractivity contribution in [1.82, 2.24) is 5.32 Å². The summed E-state index contributed by atoms with van der Waals surface area (Å²) in [6, 6.07) is 12.3. The molecule has 2 N–H and O–H groups in total. The zero-order valence-corrected chi connectivity index (χ0v) is 20.8. The van der Waals surface area contributed by atoms with Crippen molar-refractivity contribution in [3.05, 3.63) is 59.2 Å². The minimum absolute atomic E-state index is 0.0285. The molecule has 184 valence electrons. The van der Waals surface area contributed by atoms with Crippen LogP contribution < -0.4 is 14.9 Å². The lowest BCUT2D eigenvalue weighted by Gasteiger charge is -2.23. The molecule has 0 aliphatic carbocycles. The zero-order valence-electron chi connectivity index (χ0n) is 20.0. The predicted octanol–water partition coefficient (Wildman–Crippen LogP) is 3.40. The number of nitrogens with zero attached hydrogens (tertiary/aromatic N) is 1. The van der Waals surface area contributed by atoms with Gasteiger partial charge in [-0.15, -0.1) is 0 Å². The molecule has 1 heterocycles. The van der Waals surface area contributed by atoms with Gasteiger partial charge in [0.15, 0.2) is 0 Å². The predicted molar refractivity (Wildman–Crippen MR) is 134 cm³/mol. The van der Waals surface area contributed by atoms with E-state index in [-0.39, 0.29) is 30.9 Å². The maximum absolute atomic E-state index is 12.6. The molecule has 0 radical (unpaired) electrons. The first kappa shape index (κ1) is 25.7. The van der Waals surface area contributed by atoms with Crippen molar-refractivity contribution in [2.24, 2.45) is 0 Å². The first-order chi connectivity index (χ1) is 16.1. The molecule has 2 aromatic rings. The molecule has 0 bridgehead atoms. The van der Waals surface area contributed by atoms with E-state index in [0.29, 0.717) is 36.5 Å². The maximum Gasteiger partial charge on any atom is 0.253 e. The molecule has 1 saturated heterocycles. The molecular formula is C25H33N3O5S. The molecule has 1 aliphatic rings. The van der Waals surface area contributed by atoms with Crippen molar-refractivity contribution in [1.29, 1.82) is 0 Å². The minimum Gasteiger partial charge on any atom is -0.376 e. The summed E-state index contributed by atoms with van der Waals surface area (Å²) in [4.78, 5) is 25.2. The van der Waals surface area contributed by atoms with Gasteiger partial charge in [0.05, 0.1) is 29.3 Å². The zero-order chi connectivity index (χ0) is 24.7. The van der Waals surface area contributed by atoms with Gasteiger partial charge in [0.1, 0.15) is 0 Å². The summed E-state index contributed by atoms with van der Waals surface area (Å²) < 4.78 is 31.5. The molecule has 34 heavy (non-hydrogen) atoms. The summed E-state index contributed by atoms with van der Waals surface area (Å²) in [7, 11) is -3.50. The standard InChI is InChI=1S/C25H33N3O5S/c1-18-12-13-20(16-19(18)2)28(34(3,31)32)14-6-11-24(29)27-23-10-5-4-9-22(23)25(30)26-17-21-8-7-15-33-21/h4-5,9-10,12-13,16,21H,6-8,11,14-15,17H2,1-3H3,(H,26,30)(H,27,29). The smallest absolute Gasteiger partial charge is 0.253 e. The van der Waals surface area contributed by atoms with Gasteiger partial charge in [0, 0.05) is 26.1 Å². The molecule has 8 nitrogen and oxygen atoms in total. The van der Waals surface area contributed by atoms with Gasteiger partial charge in [-0.05, 0) is 68.5 Å². The summed E-state index contributed by atoms with van der Waals surface area (Å²) in [5.74, 6) is -0.558. The van der Waals surface area contributed by atoms with Crippen molar-refractivity contribution in [3.63, 3.8) is 0 Å². The van der Waals surface area contributed by atoms with Gasteiger partial charge < -0.3 is 15.4 Å². The fraction of sp³-hybridized carbons (Fsp3) is 0.440. The first-order valence-corrected chi connectivity index (χ1v) is 13.3. The first-order valence-electron chi connectivity index (χ1n) is 11.5. The number of sulfonamides is 1. The third kappa shape index (κ3) is 7.04. The Kier molecular flexibility index (Phi) is 8.68. The maximum atomic E-state index is 12.6. The lowest BCUT2D eigenvalue weighted by Crippen LogP contribution is -2.32. The van der Waals surface area contributed by atoms with Crippen LogP contribution in [0, 0.1) is 13.8 Å². The summed E-state index contributed by atoms with van der Waals surface area (Å²) in [5.41, 5.74) is 3.46. The Balaban J connectivity index is 1.58. The van der Waals surface area contributed by atoms with Crippen molar-refractivity contribution in [2.45, 2.75) is 45.6 Å². The van der Waals surface area contributed by atoms with Gasteiger partial charge in [-0.2, -0.15) is 0 Å². The van der Waals surface area contributed by atoms with Crippen LogP contribution in [-0.4, -0.2) is 52.3 Å². The van der Waals surface area contributed by atoms with Gasteiger partial charge in [-0.1, -0.05) is 18.2 Å². The highest BCUT2D eigenvalue weighted by Gasteiger charge is 2.20. The van der Waals surface area contributed by atoms with E-state index in [0.717, 1.165) is 30.2 Å². The highest BCUT2D eigenvalue weighted by atomic mass is 32.2. The van der Waals surface area contributed by atoms with E-state index in [2.05, 4.69) is 10.6 Å². The lowest BCUT2D eigenvalue weighted by atomic mass is 10.1. The number of carbonyl (C=O) groups excluding carboxylic acids is 2. The highest BCUT2D eigenvalue weighted by molar-refractivity contribution is 7.92. The molecule has 1 aliphatic heterocycles. The molecule has 0 saturated carbocycles. The van der Waals surface area contributed by atoms with Gasteiger partial charge in [0.2, 0.25) is 15.9 Å². The Bertz CT molecular complexity index is 1130. The van der Waals surface area contributed by atoms with E-state index in [1.165, 1.54) is 4.31 Å². The molecule has 0 spiro atoms. The number of carbonyl (C=O) groups is 2. The Morgan fingerprint density at radius 2 is 1.88 bits per heavy atom. The second-order valence-corrected chi connectivity index (χ2v) is 10.6. The molecule has 1 fully saturated rings. The summed E-state index contributed by atoms with van der Waals surface area (Å²) in [6.07, 6.45) is 3.55. The molecule has 0 aromatic heterocycles. The van der Waals surface area contributed by atoms with Crippen LogP contribution in [0.5, 0.6) is 0 Å². The van der Waals surface area contributed by atoms with Crippen molar-refractivity contribution in [2.75, 3.05) is 35.6 Å². The van der Waals surface area contributed by atoms with Gasteiger partial charge in [-0.25, -0.2) is 8.42 Å². The summed E-state index contributed by atoms with van der Waals surface area (Å²) >= 11 is 0. The molecule has 9 heteroatoms. The van der Waals surface area contributed by atoms with Crippen LogP contribution in [0.3, 0.4) is 0 Å². The van der Waals surface area contributed by atoms with Crippen molar-refractivity contribution < 1.29 is 22.7 Å². The normalized spacial score (nSPS) is 15.7. The van der Waals surface area contributed by atoms with Crippen LogP contribution in [0.4, 0.5) is 11.4 Å². The topological polar surface area (TPSA) is 105 Å². The van der Waals surface area contributed by atoms with Crippen molar-refractivity contribution >= 4 is 33.2 Å². The van der Waals surface area contributed by atoms with Crippen LogP contribution in [-0.2, 0) is 19.6 Å². The second-order valence-electron chi connectivity index (χ2n) is 8.65. The number of amides is 2. The average Bonchev–Trinajstić information content (AvgIpc) is 3.30. The number of benzene rings is 2. The van der Waals surface area contributed by atoms with Crippen LogP contribution in [0.15, 0.2) is 42.5 Å². The third-order valence-electron chi connectivity index (χ3n) is 5.90. The lowest BCUT2D eigenvalue weighted by molar-refractivity contribution is -0.116. The number of hydrogen-bond donors (Lipinski definition) is 2. The van der Waals surface area contributed by atoms with E-state index in [1.807, 2.05) is 26.0 Å². The van der Waals surface area contributed by atoms with E-state index in [4.69, 9.17) is 4.74 Å². The summed E-state index contributed by atoms with van der Waals surface area (Å²) in [5, 5.41) is 5.66. The Hall–Kier alpha value is -2.91. The van der Waals surface area contributed by atoms with Crippen LogP contribution >= 0.6 is 0 Å². The molecule has 2 amide bonds. The van der Waals surface area contributed by atoms with E-state index in [9.17, 15) is 18.0 Å². The molecule has 3 rings (SSSR count). The Morgan fingerprint density at radius 1 is 1.12 bits per heavy atom. The Labute approximate surface area is 201 Å². The molecule has 1 atom stereocenters. The number of rotatable bonds is 10. The Morgan fingerprint density at radius 3 is 2.56 bits per heavy atom. The van der Waals surface area contributed by atoms with E-state index in [1.54, 1.807) is 30.3 Å². The number of hydrogen-bond acceptors (Lipinski definition) is 5. The largest absolute Gasteiger partial charge is 0.376 e.